The third-order valence-electron chi connectivity index (χ3n) is 7.51. The molecule has 2 aliphatic rings. The SMILES string of the molecule is O=C(Nc1ccc(=O)[nH]c1)c1nc2ccccc2n(C2CCN(C3CCCCCCC3)CC2)c1=O. The summed E-state index contributed by atoms with van der Waals surface area (Å²) in [7, 11) is 0. The number of H-pyrrole nitrogens is 1. The Labute approximate surface area is 204 Å². The Kier molecular flexibility index (Phi) is 7.08. The monoisotopic (exact) mass is 475 g/mol. The largest absolute Gasteiger partial charge is 0.327 e. The van der Waals surface area contributed by atoms with Crippen molar-refractivity contribution >= 4 is 22.6 Å². The van der Waals surface area contributed by atoms with E-state index in [4.69, 9.17) is 0 Å². The van der Waals surface area contributed by atoms with Gasteiger partial charge in [0.15, 0.2) is 5.69 Å². The zero-order chi connectivity index (χ0) is 24.2. The molecule has 3 heterocycles. The number of carbonyl (C=O) groups excluding carboxylic acids is 1. The summed E-state index contributed by atoms with van der Waals surface area (Å²) in [6, 6.07) is 11.0. The molecule has 0 atom stereocenters. The van der Waals surface area contributed by atoms with Crippen LogP contribution in [0.5, 0.6) is 0 Å². The van der Waals surface area contributed by atoms with Crippen LogP contribution in [0.3, 0.4) is 0 Å². The zero-order valence-corrected chi connectivity index (χ0v) is 20.0. The molecule has 1 saturated carbocycles. The van der Waals surface area contributed by atoms with Gasteiger partial charge in [-0.1, -0.05) is 44.2 Å². The second-order valence-corrected chi connectivity index (χ2v) is 9.79. The molecule has 5 rings (SSSR count). The Morgan fingerprint density at radius 3 is 2.31 bits per heavy atom. The highest BCUT2D eigenvalue weighted by molar-refractivity contribution is 6.03. The lowest BCUT2D eigenvalue weighted by Crippen LogP contribution is -2.44. The number of carbonyl (C=O) groups is 1. The summed E-state index contributed by atoms with van der Waals surface area (Å²) in [6.45, 7) is 1.94. The lowest BCUT2D eigenvalue weighted by atomic mass is 9.93. The fourth-order valence-electron chi connectivity index (χ4n) is 5.65. The van der Waals surface area contributed by atoms with Crippen molar-refractivity contribution in [1.82, 2.24) is 19.4 Å². The normalized spacial score (nSPS) is 18.7. The van der Waals surface area contributed by atoms with Crippen LogP contribution in [0, 0.1) is 0 Å². The number of nitrogens with one attached hydrogen (secondary N) is 2. The molecule has 0 unspecified atom stereocenters. The summed E-state index contributed by atoms with van der Waals surface area (Å²) in [5, 5.41) is 2.69. The van der Waals surface area contributed by atoms with Gasteiger partial charge in [-0.25, -0.2) is 4.98 Å². The maximum Gasteiger partial charge on any atom is 0.282 e. The third kappa shape index (κ3) is 5.22. The molecule has 8 heteroatoms. The number of fused-ring (bicyclic) bond motifs is 1. The molecule has 1 amide bonds. The number of hydrogen-bond acceptors (Lipinski definition) is 5. The van der Waals surface area contributed by atoms with Gasteiger partial charge >= 0.3 is 0 Å². The average Bonchev–Trinajstić information content (AvgIpc) is 2.85. The summed E-state index contributed by atoms with van der Waals surface area (Å²) in [5.41, 5.74) is 1.04. The zero-order valence-electron chi connectivity index (χ0n) is 20.0. The second-order valence-electron chi connectivity index (χ2n) is 9.79. The molecular weight excluding hydrogens is 442 g/mol. The van der Waals surface area contributed by atoms with Crippen LogP contribution in [0.4, 0.5) is 5.69 Å². The van der Waals surface area contributed by atoms with E-state index < -0.39 is 5.91 Å². The molecule has 0 spiro atoms. The fourth-order valence-corrected chi connectivity index (χ4v) is 5.65. The van der Waals surface area contributed by atoms with Crippen LogP contribution < -0.4 is 16.4 Å². The van der Waals surface area contributed by atoms with E-state index in [9.17, 15) is 14.4 Å². The van der Waals surface area contributed by atoms with E-state index in [2.05, 4.69) is 20.2 Å². The minimum absolute atomic E-state index is 0.0276. The summed E-state index contributed by atoms with van der Waals surface area (Å²) in [6.07, 6.45) is 12.4. The number of likely N-dealkylation sites (tertiary alicyclic amines) is 1. The van der Waals surface area contributed by atoms with Gasteiger partial charge in [0.25, 0.3) is 11.5 Å². The minimum Gasteiger partial charge on any atom is -0.327 e. The molecule has 1 aromatic carbocycles. The van der Waals surface area contributed by atoms with Gasteiger partial charge in [0, 0.05) is 37.4 Å². The summed E-state index contributed by atoms with van der Waals surface area (Å²) < 4.78 is 1.79. The molecule has 8 nitrogen and oxygen atoms in total. The smallest absolute Gasteiger partial charge is 0.282 e. The van der Waals surface area contributed by atoms with E-state index in [1.54, 1.807) is 4.57 Å². The molecule has 1 saturated heterocycles. The van der Waals surface area contributed by atoms with Gasteiger partial charge in [-0.15, -0.1) is 0 Å². The molecule has 184 valence electrons. The number of nitrogens with zero attached hydrogens (tertiary/aromatic N) is 3. The predicted octanol–water partition coefficient (Wildman–Crippen LogP) is 4.09. The van der Waals surface area contributed by atoms with Crippen molar-refractivity contribution in [2.75, 3.05) is 18.4 Å². The highest BCUT2D eigenvalue weighted by Crippen LogP contribution is 2.29. The lowest BCUT2D eigenvalue weighted by Gasteiger charge is -2.39. The molecule has 1 aliphatic heterocycles. The molecule has 0 bridgehead atoms. The van der Waals surface area contributed by atoms with E-state index in [0.717, 1.165) is 31.4 Å². The Balaban J connectivity index is 1.40. The first-order chi connectivity index (χ1) is 17.1. The quantitative estimate of drug-likeness (QED) is 0.592. The number of amides is 1. The Morgan fingerprint density at radius 2 is 1.60 bits per heavy atom. The molecular formula is C27H33N5O3. The van der Waals surface area contributed by atoms with E-state index >= 15 is 0 Å². The van der Waals surface area contributed by atoms with Crippen LogP contribution in [-0.4, -0.2) is 44.5 Å². The first-order valence-electron chi connectivity index (χ1n) is 12.9. The topological polar surface area (TPSA) is 100 Å². The van der Waals surface area contributed by atoms with Crippen molar-refractivity contribution < 1.29 is 4.79 Å². The van der Waals surface area contributed by atoms with E-state index in [0.29, 0.717) is 17.2 Å². The van der Waals surface area contributed by atoms with Gasteiger partial charge in [0.1, 0.15) is 0 Å². The first kappa shape index (κ1) is 23.5. The van der Waals surface area contributed by atoms with Crippen LogP contribution in [-0.2, 0) is 0 Å². The minimum atomic E-state index is -0.575. The van der Waals surface area contributed by atoms with Crippen molar-refractivity contribution in [3.8, 4) is 0 Å². The Bertz CT molecular complexity index is 1280. The average molecular weight is 476 g/mol. The molecule has 2 N–H and O–H groups in total. The number of hydrogen-bond donors (Lipinski definition) is 2. The van der Waals surface area contributed by atoms with Crippen LogP contribution in [0.25, 0.3) is 11.0 Å². The van der Waals surface area contributed by atoms with E-state index in [1.165, 1.54) is 63.3 Å². The van der Waals surface area contributed by atoms with Crippen molar-refractivity contribution in [1.29, 1.82) is 0 Å². The number of pyridine rings is 1. The van der Waals surface area contributed by atoms with Gasteiger partial charge in [-0.3, -0.25) is 14.4 Å². The Morgan fingerprint density at radius 1 is 0.886 bits per heavy atom. The number of benzene rings is 1. The van der Waals surface area contributed by atoms with E-state index in [-0.39, 0.29) is 22.9 Å². The van der Waals surface area contributed by atoms with Gasteiger partial charge in [-0.05, 0) is 43.9 Å². The van der Waals surface area contributed by atoms with Gasteiger partial charge < -0.3 is 19.8 Å². The third-order valence-corrected chi connectivity index (χ3v) is 7.51. The predicted molar refractivity (Wildman–Crippen MR) is 137 cm³/mol. The van der Waals surface area contributed by atoms with Gasteiger partial charge in [0.05, 0.1) is 16.7 Å². The maximum absolute atomic E-state index is 13.6. The van der Waals surface area contributed by atoms with Crippen molar-refractivity contribution in [3.63, 3.8) is 0 Å². The molecule has 0 radical (unpaired) electrons. The molecule has 1 aliphatic carbocycles. The molecule has 2 aromatic heterocycles. The van der Waals surface area contributed by atoms with E-state index in [1.807, 2.05) is 24.3 Å². The first-order valence-corrected chi connectivity index (χ1v) is 12.9. The number of piperidine rings is 1. The number of aromatic amines is 1. The number of aromatic nitrogens is 3. The summed E-state index contributed by atoms with van der Waals surface area (Å²) in [5.74, 6) is -0.575. The lowest BCUT2D eigenvalue weighted by molar-refractivity contribution is 0.101. The molecule has 3 aromatic rings. The second kappa shape index (κ2) is 10.6. The molecule has 35 heavy (non-hydrogen) atoms. The van der Waals surface area contributed by atoms with Crippen LogP contribution >= 0.6 is 0 Å². The fraction of sp³-hybridized carbons (Fsp3) is 0.481. The summed E-state index contributed by atoms with van der Waals surface area (Å²) in [4.78, 5) is 47.5. The number of rotatable bonds is 4. The van der Waals surface area contributed by atoms with Crippen molar-refractivity contribution in [2.45, 2.75) is 69.9 Å². The van der Waals surface area contributed by atoms with Crippen LogP contribution in [0.15, 0.2) is 52.2 Å². The van der Waals surface area contributed by atoms with Crippen LogP contribution in [0.2, 0.25) is 0 Å². The summed E-state index contributed by atoms with van der Waals surface area (Å²) >= 11 is 0. The highest BCUT2D eigenvalue weighted by Gasteiger charge is 2.29. The molecule has 2 fully saturated rings. The van der Waals surface area contributed by atoms with Crippen LogP contribution in [0.1, 0.15) is 74.3 Å². The Hall–Kier alpha value is -3.26. The van der Waals surface area contributed by atoms with Gasteiger partial charge in [0.2, 0.25) is 5.56 Å². The van der Waals surface area contributed by atoms with Gasteiger partial charge in [-0.2, -0.15) is 0 Å². The highest BCUT2D eigenvalue weighted by atomic mass is 16.2. The maximum atomic E-state index is 13.6. The number of anilines is 1. The van der Waals surface area contributed by atoms with Crippen molar-refractivity contribution in [2.24, 2.45) is 0 Å². The standard InChI is InChI=1S/C27H33N5O3/c33-24-13-12-19(18-28-24)29-26(34)25-27(35)32(23-11-7-6-10-22(23)30-25)21-14-16-31(17-15-21)20-8-4-2-1-3-5-9-20/h6-7,10-13,18,20-21H,1-5,8-9,14-17H2,(H,28,33)(H,29,34). The number of para-hydroxylation sites is 2. The van der Waals surface area contributed by atoms with Crippen molar-refractivity contribution in [3.05, 3.63) is 69.0 Å².